The minimum absolute atomic E-state index is 0.0907. The number of hydrogen-bond acceptors (Lipinski definition) is 3. The van der Waals surface area contributed by atoms with Gasteiger partial charge in [0.25, 0.3) is 5.91 Å². The molecule has 2 aromatic heterocycles. The van der Waals surface area contributed by atoms with E-state index >= 15 is 0 Å². The molecule has 0 fully saturated rings. The van der Waals surface area contributed by atoms with Gasteiger partial charge in [-0.1, -0.05) is 61.5 Å². The van der Waals surface area contributed by atoms with Gasteiger partial charge in [0.1, 0.15) is 5.82 Å². The zero-order valence-electron chi connectivity index (χ0n) is 18.0. The van der Waals surface area contributed by atoms with Crippen LogP contribution in [0.15, 0.2) is 73.2 Å². The van der Waals surface area contributed by atoms with Crippen molar-refractivity contribution < 1.29 is 4.79 Å². The molecule has 0 aliphatic carbocycles. The summed E-state index contributed by atoms with van der Waals surface area (Å²) >= 11 is 0. The minimum Gasteiger partial charge on any atom is -0.348 e. The molecule has 0 aliphatic rings. The van der Waals surface area contributed by atoms with Crippen molar-refractivity contribution in [1.82, 2.24) is 24.6 Å². The van der Waals surface area contributed by atoms with Crippen molar-refractivity contribution >= 4 is 5.91 Å². The Morgan fingerprint density at radius 3 is 2.52 bits per heavy atom. The minimum atomic E-state index is -0.0907. The molecule has 0 unspecified atom stereocenters. The Morgan fingerprint density at radius 1 is 1.00 bits per heavy atom. The summed E-state index contributed by atoms with van der Waals surface area (Å²) < 4.78 is 4.02. The first kappa shape index (κ1) is 20.6. The Kier molecular flexibility index (Phi) is 6.26. The standard InChI is InChI=1S/C25H27N5O/c1-3-24-23(16-28-30(24)18-20-8-5-4-6-9-20)25(31)27-15-21-10-7-11-22(14-21)17-29-13-12-26-19(29)2/h4-14,16H,3,15,17-18H2,1-2H3,(H,27,31). The highest BCUT2D eigenvalue weighted by Gasteiger charge is 2.16. The van der Waals surface area contributed by atoms with Crippen LogP contribution in [-0.2, 0) is 26.1 Å². The number of hydrogen-bond donors (Lipinski definition) is 1. The third kappa shape index (κ3) is 4.91. The van der Waals surface area contributed by atoms with Gasteiger partial charge >= 0.3 is 0 Å². The Balaban J connectivity index is 1.42. The molecule has 0 atom stereocenters. The van der Waals surface area contributed by atoms with E-state index in [0.29, 0.717) is 18.7 Å². The second kappa shape index (κ2) is 9.43. The summed E-state index contributed by atoms with van der Waals surface area (Å²) in [6.45, 7) is 5.94. The molecule has 4 aromatic rings. The highest BCUT2D eigenvalue weighted by molar-refractivity contribution is 5.95. The van der Waals surface area contributed by atoms with Crippen LogP contribution in [0.1, 0.15) is 45.5 Å². The van der Waals surface area contributed by atoms with Crippen LogP contribution in [-0.4, -0.2) is 25.2 Å². The number of aromatic nitrogens is 4. The number of benzene rings is 2. The summed E-state index contributed by atoms with van der Waals surface area (Å²) in [5.74, 6) is 0.894. The van der Waals surface area contributed by atoms with E-state index in [0.717, 1.165) is 35.6 Å². The van der Waals surface area contributed by atoms with Crippen LogP contribution in [0.25, 0.3) is 0 Å². The first-order chi connectivity index (χ1) is 15.1. The highest BCUT2D eigenvalue weighted by Crippen LogP contribution is 2.13. The number of carbonyl (C=O) groups excluding carboxylic acids is 1. The SMILES string of the molecule is CCc1c(C(=O)NCc2cccc(Cn3ccnc3C)c2)cnn1Cc1ccccc1. The maximum absolute atomic E-state index is 12.9. The molecule has 0 bridgehead atoms. The first-order valence-electron chi connectivity index (χ1n) is 10.6. The largest absolute Gasteiger partial charge is 0.348 e. The smallest absolute Gasteiger partial charge is 0.255 e. The third-order valence-corrected chi connectivity index (χ3v) is 5.42. The van der Waals surface area contributed by atoms with Gasteiger partial charge in [0.2, 0.25) is 0 Å². The molecule has 0 aliphatic heterocycles. The van der Waals surface area contributed by atoms with Gasteiger partial charge in [-0.2, -0.15) is 5.10 Å². The fourth-order valence-electron chi connectivity index (χ4n) is 3.75. The predicted molar refractivity (Wildman–Crippen MR) is 121 cm³/mol. The molecule has 0 radical (unpaired) electrons. The Bertz CT molecular complexity index is 1160. The van der Waals surface area contributed by atoms with E-state index in [4.69, 9.17) is 0 Å². The van der Waals surface area contributed by atoms with E-state index in [1.165, 1.54) is 5.56 Å². The van der Waals surface area contributed by atoms with E-state index in [-0.39, 0.29) is 5.91 Å². The quantitative estimate of drug-likeness (QED) is 0.475. The van der Waals surface area contributed by atoms with Gasteiger partial charge in [-0.15, -0.1) is 0 Å². The number of imidazole rings is 1. The average molecular weight is 414 g/mol. The van der Waals surface area contributed by atoms with Gasteiger partial charge in [0, 0.05) is 25.5 Å². The third-order valence-electron chi connectivity index (χ3n) is 5.42. The molecule has 4 rings (SSSR count). The molecule has 6 nitrogen and oxygen atoms in total. The lowest BCUT2D eigenvalue weighted by atomic mass is 10.1. The number of amides is 1. The molecule has 2 aromatic carbocycles. The van der Waals surface area contributed by atoms with Crippen molar-refractivity contribution in [3.8, 4) is 0 Å². The monoisotopic (exact) mass is 413 g/mol. The van der Waals surface area contributed by atoms with Crippen LogP contribution in [0.4, 0.5) is 0 Å². The lowest BCUT2D eigenvalue weighted by molar-refractivity contribution is 0.0950. The van der Waals surface area contributed by atoms with Crippen molar-refractivity contribution in [2.24, 2.45) is 0 Å². The molecule has 0 saturated carbocycles. The second-order valence-corrected chi connectivity index (χ2v) is 7.61. The molecule has 0 spiro atoms. The van der Waals surface area contributed by atoms with Crippen LogP contribution in [0.5, 0.6) is 0 Å². The summed E-state index contributed by atoms with van der Waals surface area (Å²) in [4.78, 5) is 17.1. The van der Waals surface area contributed by atoms with Crippen molar-refractivity contribution in [2.45, 2.75) is 39.9 Å². The summed E-state index contributed by atoms with van der Waals surface area (Å²) in [5, 5.41) is 7.52. The number of nitrogens with one attached hydrogen (secondary N) is 1. The highest BCUT2D eigenvalue weighted by atomic mass is 16.1. The normalized spacial score (nSPS) is 10.9. The van der Waals surface area contributed by atoms with Crippen LogP contribution in [0.3, 0.4) is 0 Å². The Labute approximate surface area is 182 Å². The molecular formula is C25H27N5O. The summed E-state index contributed by atoms with van der Waals surface area (Å²) in [7, 11) is 0. The lowest BCUT2D eigenvalue weighted by Crippen LogP contribution is -2.24. The van der Waals surface area contributed by atoms with E-state index in [1.807, 2.05) is 54.3 Å². The lowest BCUT2D eigenvalue weighted by Gasteiger charge is -2.10. The zero-order chi connectivity index (χ0) is 21.6. The van der Waals surface area contributed by atoms with Gasteiger partial charge in [-0.3, -0.25) is 9.48 Å². The van der Waals surface area contributed by atoms with Crippen molar-refractivity contribution in [3.05, 3.63) is 107 Å². The molecule has 0 saturated heterocycles. The average Bonchev–Trinajstić information content (AvgIpc) is 3.38. The second-order valence-electron chi connectivity index (χ2n) is 7.61. The molecule has 1 amide bonds. The van der Waals surface area contributed by atoms with E-state index < -0.39 is 0 Å². The van der Waals surface area contributed by atoms with Gasteiger partial charge in [0.15, 0.2) is 0 Å². The van der Waals surface area contributed by atoms with Gasteiger partial charge in [-0.25, -0.2) is 4.98 Å². The number of carbonyl (C=O) groups is 1. The maximum atomic E-state index is 12.9. The summed E-state index contributed by atoms with van der Waals surface area (Å²) in [6.07, 6.45) is 6.20. The number of aryl methyl sites for hydroxylation is 1. The molecule has 2 heterocycles. The Hall–Kier alpha value is -3.67. The fourth-order valence-corrected chi connectivity index (χ4v) is 3.75. The molecule has 6 heteroatoms. The van der Waals surface area contributed by atoms with Crippen molar-refractivity contribution in [3.63, 3.8) is 0 Å². The first-order valence-corrected chi connectivity index (χ1v) is 10.6. The van der Waals surface area contributed by atoms with E-state index in [1.54, 1.807) is 6.20 Å². The fraction of sp³-hybridized carbons (Fsp3) is 0.240. The zero-order valence-corrected chi connectivity index (χ0v) is 18.0. The number of rotatable bonds is 8. The Morgan fingerprint density at radius 2 is 1.77 bits per heavy atom. The van der Waals surface area contributed by atoms with Crippen molar-refractivity contribution in [1.29, 1.82) is 0 Å². The van der Waals surface area contributed by atoms with Crippen LogP contribution >= 0.6 is 0 Å². The van der Waals surface area contributed by atoms with Gasteiger partial charge < -0.3 is 9.88 Å². The van der Waals surface area contributed by atoms with E-state index in [9.17, 15) is 4.79 Å². The summed E-state index contributed by atoms with van der Waals surface area (Å²) in [6, 6.07) is 18.4. The predicted octanol–water partition coefficient (Wildman–Crippen LogP) is 3.98. The molecule has 158 valence electrons. The number of nitrogens with zero attached hydrogens (tertiary/aromatic N) is 4. The van der Waals surface area contributed by atoms with Crippen LogP contribution < -0.4 is 5.32 Å². The molecule has 31 heavy (non-hydrogen) atoms. The van der Waals surface area contributed by atoms with Crippen LogP contribution in [0.2, 0.25) is 0 Å². The topological polar surface area (TPSA) is 64.7 Å². The van der Waals surface area contributed by atoms with Crippen LogP contribution in [0, 0.1) is 6.92 Å². The van der Waals surface area contributed by atoms with Gasteiger partial charge in [-0.05, 0) is 30.0 Å². The van der Waals surface area contributed by atoms with E-state index in [2.05, 4.69) is 51.2 Å². The molecule has 1 N–H and O–H groups in total. The van der Waals surface area contributed by atoms with Crippen molar-refractivity contribution in [2.75, 3.05) is 0 Å². The van der Waals surface area contributed by atoms with Gasteiger partial charge in [0.05, 0.1) is 24.0 Å². The molecular weight excluding hydrogens is 386 g/mol. The maximum Gasteiger partial charge on any atom is 0.255 e. The summed E-state index contributed by atoms with van der Waals surface area (Å²) in [5.41, 5.74) is 5.00.